The highest BCUT2D eigenvalue weighted by molar-refractivity contribution is 5.84. The van der Waals surface area contributed by atoms with Crippen molar-refractivity contribution in [2.75, 3.05) is 6.61 Å². The number of fused-ring (bicyclic) bond motifs is 1. The summed E-state index contributed by atoms with van der Waals surface area (Å²) < 4.78 is 5.91. The normalized spacial score (nSPS) is 20.1. The minimum Gasteiger partial charge on any atom is -0.494 e. The molecule has 2 aromatic rings. The van der Waals surface area contributed by atoms with Gasteiger partial charge in [-0.1, -0.05) is 76.6 Å². The fourth-order valence-corrected chi connectivity index (χ4v) is 4.60. The van der Waals surface area contributed by atoms with E-state index in [1.807, 2.05) is 0 Å². The maximum absolute atomic E-state index is 5.91. The zero-order valence-corrected chi connectivity index (χ0v) is 17.5. The van der Waals surface area contributed by atoms with Gasteiger partial charge in [-0.2, -0.15) is 0 Å². The van der Waals surface area contributed by atoms with E-state index < -0.39 is 0 Å². The van der Waals surface area contributed by atoms with Crippen molar-refractivity contribution < 1.29 is 4.74 Å². The van der Waals surface area contributed by atoms with Gasteiger partial charge in [0.05, 0.1) is 6.61 Å². The average molecular weight is 367 g/mol. The van der Waals surface area contributed by atoms with Crippen LogP contribution in [0.1, 0.15) is 96.0 Å². The van der Waals surface area contributed by atoms with Gasteiger partial charge in [-0.05, 0) is 72.4 Å². The molecule has 0 atom stereocenters. The SMILES string of the molecule is CCCCCOc1ccc2cc([C@H]3CC[C@H](CCCCC)CC3)ccc2c1. The molecule has 1 aliphatic carbocycles. The first-order valence-electron chi connectivity index (χ1n) is 11.5. The van der Waals surface area contributed by atoms with E-state index in [1.165, 1.54) is 75.0 Å². The van der Waals surface area contributed by atoms with Crippen LogP contribution < -0.4 is 4.74 Å². The lowest BCUT2D eigenvalue weighted by molar-refractivity contribution is 0.303. The van der Waals surface area contributed by atoms with E-state index in [4.69, 9.17) is 4.74 Å². The molecule has 0 aromatic heterocycles. The molecule has 2 aromatic carbocycles. The van der Waals surface area contributed by atoms with E-state index in [9.17, 15) is 0 Å². The molecule has 0 bridgehead atoms. The molecule has 1 saturated carbocycles. The Bertz CT molecular complexity index is 682. The van der Waals surface area contributed by atoms with Crippen molar-refractivity contribution in [1.82, 2.24) is 0 Å². The second-order valence-corrected chi connectivity index (χ2v) is 8.54. The van der Waals surface area contributed by atoms with Crippen molar-refractivity contribution >= 4 is 10.8 Å². The van der Waals surface area contributed by atoms with Crippen molar-refractivity contribution in [3.05, 3.63) is 42.0 Å². The molecule has 0 amide bonds. The lowest BCUT2D eigenvalue weighted by atomic mass is 9.77. The van der Waals surface area contributed by atoms with E-state index in [2.05, 4.69) is 50.2 Å². The van der Waals surface area contributed by atoms with Crippen LogP contribution in [-0.2, 0) is 0 Å². The average Bonchev–Trinajstić information content (AvgIpc) is 2.71. The zero-order chi connectivity index (χ0) is 18.9. The number of hydrogen-bond donors (Lipinski definition) is 0. The molecule has 1 nitrogen and oxygen atoms in total. The lowest BCUT2D eigenvalue weighted by Gasteiger charge is -2.29. The first-order chi connectivity index (χ1) is 13.3. The summed E-state index contributed by atoms with van der Waals surface area (Å²) in [5, 5.41) is 2.67. The molecule has 27 heavy (non-hydrogen) atoms. The number of ether oxygens (including phenoxy) is 1. The van der Waals surface area contributed by atoms with Crippen molar-refractivity contribution in [3.8, 4) is 5.75 Å². The van der Waals surface area contributed by atoms with Gasteiger partial charge in [-0.3, -0.25) is 0 Å². The molecule has 0 heterocycles. The van der Waals surface area contributed by atoms with Gasteiger partial charge in [0.1, 0.15) is 5.75 Å². The maximum Gasteiger partial charge on any atom is 0.119 e. The Morgan fingerprint density at radius 1 is 0.778 bits per heavy atom. The standard InChI is InChI=1S/C26H38O/c1-3-5-7-9-21-10-12-22(13-11-21)23-14-15-25-20-26(17-16-24(25)19-23)27-18-8-6-4-2/h14-17,19-22H,3-13,18H2,1-2H3/t21-,22-. The Morgan fingerprint density at radius 3 is 2.26 bits per heavy atom. The van der Waals surface area contributed by atoms with E-state index in [0.29, 0.717) is 0 Å². The molecule has 0 aliphatic heterocycles. The predicted octanol–water partition coefficient (Wildman–Crippen LogP) is 8.26. The van der Waals surface area contributed by atoms with Crippen LogP contribution in [0.2, 0.25) is 0 Å². The second kappa shape index (κ2) is 10.7. The van der Waals surface area contributed by atoms with E-state index in [0.717, 1.165) is 30.6 Å². The van der Waals surface area contributed by atoms with Crippen LogP contribution in [0.15, 0.2) is 36.4 Å². The molecule has 0 saturated heterocycles. The van der Waals surface area contributed by atoms with E-state index in [1.54, 1.807) is 5.56 Å². The maximum atomic E-state index is 5.91. The highest BCUT2D eigenvalue weighted by Gasteiger charge is 2.22. The van der Waals surface area contributed by atoms with Gasteiger partial charge in [0.15, 0.2) is 0 Å². The van der Waals surface area contributed by atoms with Crippen molar-refractivity contribution in [2.24, 2.45) is 5.92 Å². The summed E-state index contributed by atoms with van der Waals surface area (Å²) >= 11 is 0. The summed E-state index contributed by atoms with van der Waals surface area (Å²) in [6, 6.07) is 13.7. The van der Waals surface area contributed by atoms with Gasteiger partial charge >= 0.3 is 0 Å². The molecular formula is C26H38O. The van der Waals surface area contributed by atoms with Crippen LogP contribution in [0.5, 0.6) is 5.75 Å². The van der Waals surface area contributed by atoms with Gasteiger partial charge in [-0.15, -0.1) is 0 Å². The first kappa shape index (κ1) is 20.2. The minimum absolute atomic E-state index is 0.766. The monoisotopic (exact) mass is 366 g/mol. The first-order valence-corrected chi connectivity index (χ1v) is 11.5. The van der Waals surface area contributed by atoms with Gasteiger partial charge in [0.2, 0.25) is 0 Å². The van der Waals surface area contributed by atoms with E-state index in [-0.39, 0.29) is 0 Å². The number of rotatable bonds is 10. The highest BCUT2D eigenvalue weighted by atomic mass is 16.5. The Morgan fingerprint density at radius 2 is 1.48 bits per heavy atom. The van der Waals surface area contributed by atoms with Gasteiger partial charge in [0, 0.05) is 0 Å². The summed E-state index contributed by atoms with van der Waals surface area (Å²) in [5.74, 6) is 2.77. The molecular weight excluding hydrogens is 328 g/mol. The van der Waals surface area contributed by atoms with Crippen molar-refractivity contribution in [2.45, 2.75) is 90.4 Å². The Balaban J connectivity index is 1.55. The minimum atomic E-state index is 0.766. The Labute approximate surface area is 166 Å². The molecule has 1 heteroatoms. The molecule has 0 N–H and O–H groups in total. The molecule has 0 radical (unpaired) electrons. The van der Waals surface area contributed by atoms with Crippen LogP contribution in [0.3, 0.4) is 0 Å². The fraction of sp³-hybridized carbons (Fsp3) is 0.615. The quantitative estimate of drug-likeness (QED) is 0.384. The highest BCUT2D eigenvalue weighted by Crippen LogP contribution is 2.38. The smallest absolute Gasteiger partial charge is 0.119 e. The molecule has 1 fully saturated rings. The van der Waals surface area contributed by atoms with Gasteiger partial charge < -0.3 is 4.74 Å². The predicted molar refractivity (Wildman–Crippen MR) is 118 cm³/mol. The zero-order valence-electron chi connectivity index (χ0n) is 17.5. The van der Waals surface area contributed by atoms with Crippen molar-refractivity contribution in [1.29, 1.82) is 0 Å². The third-order valence-corrected chi connectivity index (χ3v) is 6.39. The molecule has 0 spiro atoms. The topological polar surface area (TPSA) is 9.23 Å². The van der Waals surface area contributed by atoms with Crippen LogP contribution >= 0.6 is 0 Å². The van der Waals surface area contributed by atoms with Crippen molar-refractivity contribution in [3.63, 3.8) is 0 Å². The van der Waals surface area contributed by atoms with E-state index >= 15 is 0 Å². The largest absolute Gasteiger partial charge is 0.494 e. The van der Waals surface area contributed by atoms with Crippen LogP contribution in [-0.4, -0.2) is 6.61 Å². The van der Waals surface area contributed by atoms with Gasteiger partial charge in [0.25, 0.3) is 0 Å². The molecule has 3 rings (SSSR count). The number of hydrogen-bond acceptors (Lipinski definition) is 1. The summed E-state index contributed by atoms with van der Waals surface area (Å²) in [6.07, 6.45) is 14.9. The Kier molecular flexibility index (Phi) is 8.05. The number of benzene rings is 2. The second-order valence-electron chi connectivity index (χ2n) is 8.54. The molecule has 1 aliphatic rings. The molecule has 148 valence electrons. The lowest BCUT2D eigenvalue weighted by Crippen LogP contribution is -2.13. The van der Waals surface area contributed by atoms with Gasteiger partial charge in [-0.25, -0.2) is 0 Å². The fourth-order valence-electron chi connectivity index (χ4n) is 4.60. The van der Waals surface area contributed by atoms with Crippen LogP contribution in [0.4, 0.5) is 0 Å². The molecule has 0 unspecified atom stereocenters. The van der Waals surface area contributed by atoms with Crippen LogP contribution in [0, 0.1) is 5.92 Å². The summed E-state index contributed by atoms with van der Waals surface area (Å²) in [4.78, 5) is 0. The summed E-state index contributed by atoms with van der Waals surface area (Å²) in [5.41, 5.74) is 1.55. The third-order valence-electron chi connectivity index (χ3n) is 6.39. The Hall–Kier alpha value is -1.50. The number of unbranched alkanes of at least 4 members (excludes halogenated alkanes) is 4. The van der Waals surface area contributed by atoms with Crippen LogP contribution in [0.25, 0.3) is 10.8 Å². The summed E-state index contributed by atoms with van der Waals surface area (Å²) in [6.45, 7) is 5.36. The summed E-state index contributed by atoms with van der Waals surface area (Å²) in [7, 11) is 0. The third kappa shape index (κ3) is 5.99.